The average Bonchev–Trinajstić information content (AvgIpc) is 3.33. The van der Waals surface area contributed by atoms with Crippen LogP contribution in [0.25, 0.3) is 11.4 Å². The van der Waals surface area contributed by atoms with E-state index < -0.39 is 0 Å². The topological polar surface area (TPSA) is 131 Å². The van der Waals surface area contributed by atoms with E-state index in [0.717, 1.165) is 56.1 Å². The number of carbonyl (C=O) groups is 2. The average molecular weight is 614 g/mol. The monoisotopic (exact) mass is 613 g/mol. The highest BCUT2D eigenvalue weighted by Gasteiger charge is 2.39. The lowest BCUT2D eigenvalue weighted by Gasteiger charge is -2.35. The van der Waals surface area contributed by atoms with Gasteiger partial charge in [-0.2, -0.15) is 9.97 Å². The van der Waals surface area contributed by atoms with Crippen LogP contribution in [0, 0.1) is 0 Å². The number of anilines is 3. The van der Waals surface area contributed by atoms with Crippen molar-refractivity contribution in [2.75, 3.05) is 74.8 Å². The van der Waals surface area contributed by atoms with Crippen LogP contribution in [-0.2, 0) is 14.2 Å². The van der Waals surface area contributed by atoms with Crippen LogP contribution in [-0.4, -0.2) is 103 Å². The summed E-state index contributed by atoms with van der Waals surface area (Å²) in [7, 11) is 0. The van der Waals surface area contributed by atoms with E-state index >= 15 is 0 Å². The van der Waals surface area contributed by atoms with Crippen molar-refractivity contribution in [2.24, 2.45) is 0 Å². The Morgan fingerprint density at radius 2 is 1.36 bits per heavy atom. The molecule has 2 atom stereocenters. The standard InChI is InChI=1S/C33H39N7O5/c41-29(19-39-13-17-44-18-14-39)22-1-5-25(6-2-22)34-33(42)35-26-7-3-23(4-8-26)30-36-31(24-11-15-43-16-12-24)38-32(37-30)40-27-9-10-28(40)21-45-20-27/h1-8,24,27-28H,9-21H2,(H2,34,35,42). The second kappa shape index (κ2) is 13.6. The predicted octanol–water partition coefficient (Wildman–Crippen LogP) is 3.96. The van der Waals surface area contributed by atoms with Crippen molar-refractivity contribution in [1.82, 2.24) is 19.9 Å². The summed E-state index contributed by atoms with van der Waals surface area (Å²) >= 11 is 0. The molecule has 4 fully saturated rings. The summed E-state index contributed by atoms with van der Waals surface area (Å²) in [5.41, 5.74) is 2.71. The van der Waals surface area contributed by atoms with Crippen LogP contribution >= 0.6 is 0 Å². The van der Waals surface area contributed by atoms with E-state index in [0.29, 0.717) is 81.0 Å². The second-order valence-electron chi connectivity index (χ2n) is 12.1. The Labute approximate surface area is 262 Å². The van der Waals surface area contributed by atoms with Crippen LogP contribution in [0.2, 0.25) is 0 Å². The number of ketones is 1. The molecule has 236 valence electrons. The van der Waals surface area contributed by atoms with Gasteiger partial charge in [-0.05, 0) is 74.2 Å². The fraction of sp³-hybridized carbons (Fsp3) is 0.485. The van der Waals surface area contributed by atoms with Crippen molar-refractivity contribution in [3.63, 3.8) is 0 Å². The van der Waals surface area contributed by atoms with Gasteiger partial charge in [-0.25, -0.2) is 9.78 Å². The molecule has 12 heteroatoms. The van der Waals surface area contributed by atoms with Crippen molar-refractivity contribution in [1.29, 1.82) is 0 Å². The van der Waals surface area contributed by atoms with Crippen LogP contribution in [0.1, 0.15) is 47.8 Å². The van der Waals surface area contributed by atoms with Gasteiger partial charge in [0.2, 0.25) is 5.95 Å². The van der Waals surface area contributed by atoms with E-state index in [4.69, 9.17) is 29.2 Å². The number of morpholine rings is 2. The first-order chi connectivity index (χ1) is 22.1. The molecule has 4 saturated heterocycles. The van der Waals surface area contributed by atoms with Gasteiger partial charge in [0.25, 0.3) is 0 Å². The number of hydrogen-bond donors (Lipinski definition) is 2. The molecule has 12 nitrogen and oxygen atoms in total. The van der Waals surface area contributed by atoms with Crippen molar-refractivity contribution in [3.8, 4) is 11.4 Å². The molecule has 0 radical (unpaired) electrons. The van der Waals surface area contributed by atoms with Crippen LogP contribution in [0.5, 0.6) is 0 Å². The number of fused-ring (bicyclic) bond motifs is 2. The first-order valence-electron chi connectivity index (χ1n) is 15.9. The fourth-order valence-corrected chi connectivity index (χ4v) is 6.51. The van der Waals surface area contributed by atoms with Gasteiger partial charge >= 0.3 is 6.03 Å². The van der Waals surface area contributed by atoms with Crippen LogP contribution in [0.4, 0.5) is 22.1 Å². The van der Waals surface area contributed by atoms with E-state index in [-0.39, 0.29) is 17.7 Å². The van der Waals surface area contributed by atoms with E-state index in [1.54, 1.807) is 24.3 Å². The molecule has 0 aliphatic carbocycles. The summed E-state index contributed by atoms with van der Waals surface area (Å²) in [6.45, 7) is 6.01. The molecule has 2 amide bonds. The van der Waals surface area contributed by atoms with Crippen LogP contribution < -0.4 is 15.5 Å². The Balaban J connectivity index is 1.01. The molecule has 4 aliphatic rings. The summed E-state index contributed by atoms with van der Waals surface area (Å²) in [5, 5.41) is 5.72. The first kappa shape index (κ1) is 29.7. The molecule has 4 aliphatic heterocycles. The minimum Gasteiger partial charge on any atom is -0.381 e. The maximum Gasteiger partial charge on any atom is 0.323 e. The van der Waals surface area contributed by atoms with Gasteiger partial charge in [0, 0.05) is 54.7 Å². The number of carbonyl (C=O) groups excluding carboxylic acids is 2. The molecule has 7 rings (SSSR count). The summed E-state index contributed by atoms with van der Waals surface area (Å²) in [4.78, 5) is 44.7. The van der Waals surface area contributed by atoms with Gasteiger partial charge in [0.1, 0.15) is 5.82 Å². The smallest absolute Gasteiger partial charge is 0.323 e. The number of hydrogen-bond acceptors (Lipinski definition) is 10. The largest absolute Gasteiger partial charge is 0.381 e. The molecule has 0 saturated carbocycles. The lowest BCUT2D eigenvalue weighted by molar-refractivity contribution is 0.0371. The van der Waals surface area contributed by atoms with E-state index in [9.17, 15) is 9.59 Å². The van der Waals surface area contributed by atoms with Crippen LogP contribution in [0.15, 0.2) is 48.5 Å². The third-order valence-corrected chi connectivity index (χ3v) is 9.04. The number of rotatable bonds is 8. The van der Waals surface area contributed by atoms with E-state index in [1.165, 1.54) is 0 Å². The van der Waals surface area contributed by atoms with E-state index in [2.05, 4.69) is 20.4 Å². The number of nitrogens with one attached hydrogen (secondary N) is 2. The third kappa shape index (κ3) is 6.99. The van der Waals surface area contributed by atoms with Gasteiger partial charge in [-0.1, -0.05) is 0 Å². The molecule has 2 aromatic carbocycles. The second-order valence-corrected chi connectivity index (χ2v) is 12.1. The normalized spacial score (nSPS) is 22.3. The zero-order valence-electron chi connectivity index (χ0n) is 25.3. The zero-order chi connectivity index (χ0) is 30.6. The Kier molecular flexibility index (Phi) is 8.97. The number of benzene rings is 2. The quantitative estimate of drug-likeness (QED) is 0.360. The van der Waals surface area contributed by atoms with Crippen LogP contribution in [0.3, 0.4) is 0 Å². The summed E-state index contributed by atoms with van der Waals surface area (Å²) in [5.74, 6) is 2.47. The van der Waals surface area contributed by atoms with Gasteiger partial charge in [0.15, 0.2) is 11.6 Å². The highest BCUT2D eigenvalue weighted by molar-refractivity contribution is 6.01. The zero-order valence-corrected chi connectivity index (χ0v) is 25.3. The summed E-state index contributed by atoms with van der Waals surface area (Å²) in [6, 6.07) is 14.7. The predicted molar refractivity (Wildman–Crippen MR) is 169 cm³/mol. The lowest BCUT2D eigenvalue weighted by Crippen LogP contribution is -2.47. The molecule has 1 aromatic heterocycles. The van der Waals surface area contributed by atoms with E-state index in [1.807, 2.05) is 24.3 Å². The molecule has 2 unspecified atom stereocenters. The number of aromatic nitrogens is 3. The summed E-state index contributed by atoms with van der Waals surface area (Å²) < 4.78 is 16.7. The molecule has 0 spiro atoms. The highest BCUT2D eigenvalue weighted by Crippen LogP contribution is 2.34. The molecule has 45 heavy (non-hydrogen) atoms. The van der Waals surface area contributed by atoms with Crippen molar-refractivity contribution < 1.29 is 23.8 Å². The Morgan fingerprint density at radius 1 is 0.733 bits per heavy atom. The lowest BCUT2D eigenvalue weighted by atomic mass is 9.99. The van der Waals surface area contributed by atoms with Crippen molar-refractivity contribution >= 4 is 29.1 Å². The third-order valence-electron chi connectivity index (χ3n) is 9.04. The van der Waals surface area contributed by atoms with Gasteiger partial charge in [0.05, 0.1) is 45.1 Å². The van der Waals surface area contributed by atoms with Gasteiger partial charge in [-0.15, -0.1) is 0 Å². The molecule has 3 aromatic rings. The molecule has 2 bridgehead atoms. The minimum absolute atomic E-state index is 0.0514. The number of Topliss-reactive ketones (excluding diaryl/α,β-unsaturated/α-hetero) is 1. The SMILES string of the molecule is O=C(Nc1ccc(C(=O)CN2CCOCC2)cc1)Nc1ccc(-c2nc(C3CCOCC3)nc(N3C4CCC3COC4)n2)cc1. The number of nitrogens with zero attached hydrogens (tertiary/aromatic N) is 5. The molecular weight excluding hydrogens is 574 g/mol. The van der Waals surface area contributed by atoms with Crippen molar-refractivity contribution in [3.05, 3.63) is 59.9 Å². The first-order valence-corrected chi connectivity index (χ1v) is 15.9. The van der Waals surface area contributed by atoms with Crippen molar-refractivity contribution in [2.45, 2.75) is 43.7 Å². The number of ether oxygens (including phenoxy) is 3. The number of urea groups is 1. The van der Waals surface area contributed by atoms with Gasteiger partial charge < -0.3 is 29.7 Å². The molecular formula is C33H39N7O5. The highest BCUT2D eigenvalue weighted by atomic mass is 16.5. The fourth-order valence-electron chi connectivity index (χ4n) is 6.51. The minimum atomic E-state index is -0.373. The summed E-state index contributed by atoms with van der Waals surface area (Å²) in [6.07, 6.45) is 3.95. The molecule has 2 N–H and O–H groups in total. The molecule has 5 heterocycles. The Bertz CT molecular complexity index is 1470. The Morgan fingerprint density at radius 3 is 2.02 bits per heavy atom. The maximum atomic E-state index is 12.8. The number of amides is 2. The van der Waals surface area contributed by atoms with Gasteiger partial charge in [-0.3, -0.25) is 9.69 Å². The maximum absolute atomic E-state index is 12.8. The Hall–Kier alpha value is -3.97.